The Kier molecular flexibility index (Phi) is 2.94. The predicted molar refractivity (Wildman–Crippen MR) is 69.9 cm³/mol. The molecule has 1 aromatic heterocycles. The zero-order chi connectivity index (χ0) is 12.8. The highest BCUT2D eigenvalue weighted by Crippen LogP contribution is 2.59. The van der Waals surface area contributed by atoms with Crippen LogP contribution in [0.15, 0.2) is 6.20 Å². The maximum Gasteiger partial charge on any atom is 0.186 e. The summed E-state index contributed by atoms with van der Waals surface area (Å²) in [6.45, 7) is 4.73. The van der Waals surface area contributed by atoms with Gasteiger partial charge in [0, 0.05) is 12.5 Å². The van der Waals surface area contributed by atoms with Crippen molar-refractivity contribution in [2.45, 2.75) is 32.7 Å². The average Bonchev–Trinajstić information content (AvgIpc) is 2.93. The highest BCUT2D eigenvalue weighted by Gasteiger charge is 2.58. The molecular formula is C13H18ClN3O. The van der Waals surface area contributed by atoms with E-state index in [4.69, 9.17) is 11.6 Å². The van der Waals surface area contributed by atoms with Gasteiger partial charge < -0.3 is 5.32 Å². The number of aromatic nitrogens is 2. The number of rotatable bonds is 3. The van der Waals surface area contributed by atoms with Crippen molar-refractivity contribution in [3.8, 4) is 0 Å². The first-order valence-electron chi connectivity index (χ1n) is 6.64. The lowest BCUT2D eigenvalue weighted by Gasteiger charge is -2.23. The first-order chi connectivity index (χ1) is 8.68. The molecule has 98 valence electrons. The van der Waals surface area contributed by atoms with Gasteiger partial charge in [-0.2, -0.15) is 5.10 Å². The van der Waals surface area contributed by atoms with Crippen LogP contribution in [0, 0.1) is 11.3 Å². The van der Waals surface area contributed by atoms with Crippen molar-refractivity contribution in [3.63, 3.8) is 0 Å². The number of hydrogen-bond donors (Lipinski definition) is 1. The molecule has 4 nitrogen and oxygen atoms in total. The van der Waals surface area contributed by atoms with E-state index in [9.17, 15) is 4.79 Å². The maximum atomic E-state index is 12.6. The van der Waals surface area contributed by atoms with E-state index in [1.54, 1.807) is 10.9 Å². The summed E-state index contributed by atoms with van der Waals surface area (Å²) in [7, 11) is 0. The zero-order valence-electron chi connectivity index (χ0n) is 10.6. The minimum Gasteiger partial charge on any atom is -0.317 e. The van der Waals surface area contributed by atoms with Gasteiger partial charge >= 0.3 is 0 Å². The van der Waals surface area contributed by atoms with Crippen molar-refractivity contribution in [1.29, 1.82) is 0 Å². The van der Waals surface area contributed by atoms with Crippen LogP contribution in [0.3, 0.4) is 0 Å². The van der Waals surface area contributed by atoms with E-state index in [0.29, 0.717) is 17.3 Å². The van der Waals surface area contributed by atoms with Crippen molar-refractivity contribution in [2.75, 3.05) is 13.1 Å². The van der Waals surface area contributed by atoms with Gasteiger partial charge in [-0.1, -0.05) is 11.6 Å². The molecule has 1 saturated heterocycles. The molecule has 1 unspecified atom stereocenters. The summed E-state index contributed by atoms with van der Waals surface area (Å²) in [5, 5.41) is 8.00. The molecule has 1 aliphatic carbocycles. The van der Waals surface area contributed by atoms with Gasteiger partial charge in [0.1, 0.15) is 5.69 Å². The normalized spacial score (nSPS) is 25.3. The monoisotopic (exact) mass is 267 g/mol. The number of halogens is 1. The fourth-order valence-corrected chi connectivity index (χ4v) is 3.44. The third kappa shape index (κ3) is 1.79. The Hall–Kier alpha value is -0.870. The molecule has 1 atom stereocenters. The second-order valence-corrected chi connectivity index (χ2v) is 5.80. The Morgan fingerprint density at radius 3 is 3.00 bits per heavy atom. The van der Waals surface area contributed by atoms with Gasteiger partial charge in [0.05, 0.1) is 11.2 Å². The Labute approximate surface area is 112 Å². The summed E-state index contributed by atoms with van der Waals surface area (Å²) in [5.41, 5.74) is 0.869. The number of ketones is 1. The molecule has 2 fully saturated rings. The number of aryl methyl sites for hydroxylation is 1. The molecule has 1 aromatic rings. The predicted octanol–water partition coefficient (Wildman–Crippen LogP) is 2.13. The van der Waals surface area contributed by atoms with Crippen molar-refractivity contribution in [3.05, 3.63) is 16.9 Å². The molecule has 1 N–H and O–H groups in total. The summed E-state index contributed by atoms with van der Waals surface area (Å²) in [6, 6.07) is 0. The summed E-state index contributed by atoms with van der Waals surface area (Å²) in [4.78, 5) is 12.6. The molecule has 1 aliphatic heterocycles. The van der Waals surface area contributed by atoms with Crippen LogP contribution in [0.5, 0.6) is 0 Å². The van der Waals surface area contributed by atoms with Crippen molar-refractivity contribution in [1.82, 2.24) is 15.1 Å². The van der Waals surface area contributed by atoms with E-state index >= 15 is 0 Å². The van der Waals surface area contributed by atoms with E-state index in [-0.39, 0.29) is 17.1 Å². The van der Waals surface area contributed by atoms with Crippen LogP contribution < -0.4 is 5.32 Å². The second-order valence-electron chi connectivity index (χ2n) is 5.39. The lowest BCUT2D eigenvalue weighted by molar-refractivity contribution is 0.0930. The minimum atomic E-state index is 0.166. The smallest absolute Gasteiger partial charge is 0.186 e. The van der Waals surface area contributed by atoms with E-state index in [0.717, 1.165) is 32.4 Å². The van der Waals surface area contributed by atoms with E-state index in [1.807, 2.05) is 6.92 Å². The van der Waals surface area contributed by atoms with Crippen LogP contribution in [0.4, 0.5) is 0 Å². The lowest BCUT2D eigenvalue weighted by Crippen LogP contribution is -2.31. The fraction of sp³-hybridized carbons (Fsp3) is 0.692. The highest BCUT2D eigenvalue weighted by molar-refractivity contribution is 6.33. The quantitative estimate of drug-likeness (QED) is 0.854. The third-order valence-electron chi connectivity index (χ3n) is 4.43. The second kappa shape index (κ2) is 4.35. The van der Waals surface area contributed by atoms with E-state index < -0.39 is 0 Å². The molecule has 2 heterocycles. The Bertz CT molecular complexity index is 477. The van der Waals surface area contributed by atoms with Gasteiger partial charge in [-0.3, -0.25) is 9.48 Å². The Morgan fingerprint density at radius 2 is 2.33 bits per heavy atom. The van der Waals surface area contributed by atoms with Gasteiger partial charge in [-0.05, 0) is 44.7 Å². The van der Waals surface area contributed by atoms with Gasteiger partial charge in [0.25, 0.3) is 0 Å². The SMILES string of the molecule is CCn1ncc(Cl)c1C(=O)C1CC12CCNCC2. The zero-order valence-corrected chi connectivity index (χ0v) is 11.3. The molecule has 18 heavy (non-hydrogen) atoms. The van der Waals surface area contributed by atoms with Crippen LogP contribution >= 0.6 is 11.6 Å². The molecule has 1 spiro atoms. The number of carbonyl (C=O) groups excluding carboxylic acids is 1. The Balaban J connectivity index is 1.82. The number of piperidine rings is 1. The van der Waals surface area contributed by atoms with Crippen LogP contribution in [0.1, 0.15) is 36.7 Å². The summed E-state index contributed by atoms with van der Waals surface area (Å²) >= 11 is 6.10. The Morgan fingerprint density at radius 1 is 1.61 bits per heavy atom. The lowest BCUT2D eigenvalue weighted by atomic mass is 9.90. The number of carbonyl (C=O) groups is 1. The number of nitrogens with zero attached hydrogens (tertiary/aromatic N) is 2. The molecule has 0 bridgehead atoms. The van der Waals surface area contributed by atoms with Crippen LogP contribution in [-0.4, -0.2) is 28.7 Å². The summed E-state index contributed by atoms with van der Waals surface area (Å²) in [5.74, 6) is 0.361. The standard InChI is InChI=1S/C13H18ClN3O/c1-2-17-11(10(14)8-16-17)12(18)9-7-13(9)3-5-15-6-4-13/h8-9,15H,2-7H2,1H3. The molecule has 0 radical (unpaired) electrons. The van der Waals surface area contributed by atoms with Gasteiger partial charge in [-0.25, -0.2) is 0 Å². The van der Waals surface area contributed by atoms with Crippen molar-refractivity contribution < 1.29 is 4.79 Å². The minimum absolute atomic E-state index is 0.166. The molecule has 2 aliphatic rings. The molecule has 0 amide bonds. The summed E-state index contributed by atoms with van der Waals surface area (Å²) < 4.78 is 1.72. The fourth-order valence-electron chi connectivity index (χ4n) is 3.21. The van der Waals surface area contributed by atoms with Crippen LogP contribution in [0.2, 0.25) is 5.02 Å². The number of nitrogens with one attached hydrogen (secondary N) is 1. The largest absolute Gasteiger partial charge is 0.317 e. The number of hydrogen-bond acceptors (Lipinski definition) is 3. The van der Waals surface area contributed by atoms with Gasteiger partial charge in [-0.15, -0.1) is 0 Å². The van der Waals surface area contributed by atoms with Crippen molar-refractivity contribution in [2.24, 2.45) is 11.3 Å². The van der Waals surface area contributed by atoms with Gasteiger partial charge in [0.2, 0.25) is 0 Å². The molecule has 3 rings (SSSR count). The molecule has 5 heteroatoms. The maximum absolute atomic E-state index is 12.6. The molecule has 1 saturated carbocycles. The molecular weight excluding hydrogens is 250 g/mol. The average molecular weight is 268 g/mol. The van der Waals surface area contributed by atoms with Gasteiger partial charge in [0.15, 0.2) is 5.78 Å². The molecule has 0 aromatic carbocycles. The first-order valence-corrected chi connectivity index (χ1v) is 7.02. The topological polar surface area (TPSA) is 46.9 Å². The van der Waals surface area contributed by atoms with Crippen molar-refractivity contribution >= 4 is 17.4 Å². The van der Waals surface area contributed by atoms with E-state index in [2.05, 4.69) is 10.4 Å². The number of Topliss-reactive ketones (excluding diaryl/α,β-unsaturated/α-hetero) is 1. The first kappa shape index (κ1) is 12.2. The van der Waals surface area contributed by atoms with E-state index in [1.165, 1.54) is 0 Å². The third-order valence-corrected chi connectivity index (χ3v) is 4.71. The van der Waals surface area contributed by atoms with Crippen LogP contribution in [0.25, 0.3) is 0 Å². The van der Waals surface area contributed by atoms with Crippen LogP contribution in [-0.2, 0) is 6.54 Å². The summed E-state index contributed by atoms with van der Waals surface area (Å²) in [6.07, 6.45) is 4.83. The highest BCUT2D eigenvalue weighted by atomic mass is 35.5.